The van der Waals surface area contributed by atoms with Gasteiger partial charge in [-0.1, -0.05) is 31.2 Å². The number of nitrogens with zero attached hydrogens (tertiary/aromatic N) is 3. The minimum Gasteiger partial charge on any atom is -0.477 e. The average Bonchev–Trinajstić information content (AvgIpc) is 3.10. The van der Waals surface area contributed by atoms with Crippen molar-refractivity contribution in [3.05, 3.63) is 54.2 Å². The first-order chi connectivity index (χ1) is 13.7. The van der Waals surface area contributed by atoms with Gasteiger partial charge >= 0.3 is 0 Å². The number of hydrogen-bond donors (Lipinski definition) is 2. The number of hydrogen-bond acceptors (Lipinski definition) is 4. The Kier molecular flexibility index (Phi) is 9.17. The Morgan fingerprint density at radius 2 is 2.07 bits per heavy atom. The number of benzene rings is 1. The molecule has 2 N–H and O–H groups in total. The third-order valence-electron chi connectivity index (χ3n) is 4.50. The second-order valence-electron chi connectivity index (χ2n) is 6.63. The van der Waals surface area contributed by atoms with Crippen molar-refractivity contribution in [2.45, 2.75) is 32.4 Å². The molecule has 2 aromatic rings. The smallest absolute Gasteiger partial charge is 0.229 e. The van der Waals surface area contributed by atoms with Gasteiger partial charge in [-0.3, -0.25) is 9.79 Å². The van der Waals surface area contributed by atoms with E-state index in [1.807, 2.05) is 47.4 Å². The van der Waals surface area contributed by atoms with Gasteiger partial charge in [0.1, 0.15) is 0 Å². The summed E-state index contributed by atoms with van der Waals surface area (Å²) in [5, 5.41) is 6.63. The van der Waals surface area contributed by atoms with Crippen LogP contribution in [0.3, 0.4) is 0 Å². The Labute approximate surface area is 189 Å². The van der Waals surface area contributed by atoms with Crippen LogP contribution in [0.4, 0.5) is 5.69 Å². The number of halogens is 1. The Morgan fingerprint density at radius 3 is 2.79 bits per heavy atom. The minimum absolute atomic E-state index is 0. The lowest BCUT2D eigenvalue weighted by Crippen LogP contribution is -2.44. The van der Waals surface area contributed by atoms with Crippen LogP contribution in [0, 0.1) is 0 Å². The maximum atomic E-state index is 12.4. The van der Waals surface area contributed by atoms with Gasteiger partial charge in [-0.25, -0.2) is 4.98 Å². The molecule has 1 aromatic carbocycles. The fourth-order valence-electron chi connectivity index (χ4n) is 3.12. The number of nitrogens with one attached hydrogen (secondary N) is 2. The molecule has 0 saturated carbocycles. The molecule has 1 aliphatic rings. The standard InChI is InChI=1S/C21H27N5O2.HI/c1-3-12-28-20-16(8-7-11-23-20)14-24-21(22-2)25-17-13-19(27)26(15-17)18-9-5-4-6-10-18;/h4-11,17H,3,12-15H2,1-2H3,(H2,22,24,25);1H. The summed E-state index contributed by atoms with van der Waals surface area (Å²) in [6.45, 7) is 3.85. The fraction of sp³-hybridized carbons (Fsp3) is 0.381. The number of aromatic nitrogens is 1. The van der Waals surface area contributed by atoms with E-state index in [-0.39, 0.29) is 35.9 Å². The summed E-state index contributed by atoms with van der Waals surface area (Å²) in [4.78, 5) is 22.8. The number of carbonyl (C=O) groups excluding carboxylic acids is 1. The SMILES string of the molecule is CCCOc1ncccc1CNC(=NC)NC1CC(=O)N(c2ccccc2)C1.I. The van der Waals surface area contributed by atoms with Crippen LogP contribution in [0.15, 0.2) is 53.7 Å². The Balaban J connectivity index is 0.00000300. The topological polar surface area (TPSA) is 78.8 Å². The van der Waals surface area contributed by atoms with Crippen molar-refractivity contribution < 1.29 is 9.53 Å². The zero-order valence-electron chi connectivity index (χ0n) is 16.8. The normalized spacial score (nSPS) is 16.3. The molecule has 3 rings (SSSR count). The second kappa shape index (κ2) is 11.6. The monoisotopic (exact) mass is 509 g/mol. The van der Waals surface area contributed by atoms with Crippen molar-refractivity contribution in [3.63, 3.8) is 0 Å². The molecular weight excluding hydrogens is 481 g/mol. The van der Waals surface area contributed by atoms with Gasteiger partial charge in [0.15, 0.2) is 5.96 Å². The quantitative estimate of drug-likeness (QED) is 0.341. The van der Waals surface area contributed by atoms with E-state index in [1.54, 1.807) is 13.2 Å². The second-order valence-corrected chi connectivity index (χ2v) is 6.63. The highest BCUT2D eigenvalue weighted by Gasteiger charge is 2.31. The zero-order valence-corrected chi connectivity index (χ0v) is 19.1. The van der Waals surface area contributed by atoms with Gasteiger partial charge in [0, 0.05) is 44.0 Å². The van der Waals surface area contributed by atoms with Crippen molar-refractivity contribution in [2.75, 3.05) is 25.1 Å². The number of rotatable bonds is 7. The maximum Gasteiger partial charge on any atom is 0.229 e. The summed E-state index contributed by atoms with van der Waals surface area (Å²) in [6.07, 6.45) is 3.09. The summed E-state index contributed by atoms with van der Waals surface area (Å²) in [5.41, 5.74) is 1.89. The molecule has 0 aliphatic carbocycles. The molecule has 1 amide bonds. The highest BCUT2D eigenvalue weighted by atomic mass is 127. The third-order valence-corrected chi connectivity index (χ3v) is 4.50. The molecule has 1 aliphatic heterocycles. The van der Waals surface area contributed by atoms with Crippen molar-refractivity contribution in [3.8, 4) is 5.88 Å². The van der Waals surface area contributed by atoms with E-state index in [0.717, 1.165) is 17.7 Å². The summed E-state index contributed by atoms with van der Waals surface area (Å²) in [5.74, 6) is 1.40. The number of carbonyl (C=O) groups is 1. The molecule has 0 bridgehead atoms. The summed E-state index contributed by atoms with van der Waals surface area (Å²) in [7, 11) is 1.72. The molecule has 2 heterocycles. The first-order valence-corrected chi connectivity index (χ1v) is 9.60. The molecule has 29 heavy (non-hydrogen) atoms. The van der Waals surface area contributed by atoms with Crippen LogP contribution in [0.5, 0.6) is 5.88 Å². The van der Waals surface area contributed by atoms with Gasteiger partial charge in [-0.05, 0) is 24.6 Å². The van der Waals surface area contributed by atoms with E-state index in [2.05, 4.69) is 27.5 Å². The summed E-state index contributed by atoms with van der Waals surface area (Å²) < 4.78 is 5.70. The lowest BCUT2D eigenvalue weighted by atomic mass is 10.2. The van der Waals surface area contributed by atoms with E-state index in [0.29, 0.717) is 38.0 Å². The van der Waals surface area contributed by atoms with Crippen molar-refractivity contribution in [1.82, 2.24) is 15.6 Å². The minimum atomic E-state index is 0. The van der Waals surface area contributed by atoms with Crippen LogP contribution in [0.25, 0.3) is 0 Å². The Bertz CT molecular complexity index is 816. The number of anilines is 1. The molecule has 1 saturated heterocycles. The molecule has 1 fully saturated rings. The van der Waals surface area contributed by atoms with Gasteiger partial charge in [-0.15, -0.1) is 24.0 Å². The molecule has 1 atom stereocenters. The Morgan fingerprint density at radius 1 is 1.28 bits per heavy atom. The fourth-order valence-corrected chi connectivity index (χ4v) is 3.12. The number of amides is 1. The van der Waals surface area contributed by atoms with Crippen LogP contribution in [0.1, 0.15) is 25.3 Å². The number of aliphatic imine (C=N–C) groups is 1. The zero-order chi connectivity index (χ0) is 19.8. The molecule has 1 aromatic heterocycles. The molecule has 1 unspecified atom stereocenters. The molecular formula is C21H28IN5O2. The largest absolute Gasteiger partial charge is 0.477 e. The van der Waals surface area contributed by atoms with E-state index >= 15 is 0 Å². The van der Waals surface area contributed by atoms with Crippen LogP contribution in [-0.4, -0.2) is 43.1 Å². The molecule has 0 spiro atoms. The van der Waals surface area contributed by atoms with Gasteiger partial charge in [-0.2, -0.15) is 0 Å². The van der Waals surface area contributed by atoms with E-state index in [1.165, 1.54) is 0 Å². The van der Waals surface area contributed by atoms with E-state index in [4.69, 9.17) is 4.74 Å². The number of ether oxygens (including phenoxy) is 1. The first-order valence-electron chi connectivity index (χ1n) is 9.60. The summed E-state index contributed by atoms with van der Waals surface area (Å²) in [6, 6.07) is 13.6. The third kappa shape index (κ3) is 6.31. The van der Waals surface area contributed by atoms with Crippen molar-refractivity contribution >= 4 is 41.5 Å². The van der Waals surface area contributed by atoms with Gasteiger partial charge in [0.25, 0.3) is 0 Å². The highest BCUT2D eigenvalue weighted by Crippen LogP contribution is 2.21. The van der Waals surface area contributed by atoms with Gasteiger partial charge < -0.3 is 20.3 Å². The average molecular weight is 509 g/mol. The number of guanidine groups is 1. The first kappa shape index (κ1) is 22.9. The van der Waals surface area contributed by atoms with Gasteiger partial charge in [0.2, 0.25) is 11.8 Å². The van der Waals surface area contributed by atoms with Crippen molar-refractivity contribution in [2.24, 2.45) is 4.99 Å². The van der Waals surface area contributed by atoms with Crippen LogP contribution < -0.4 is 20.3 Å². The van der Waals surface area contributed by atoms with Gasteiger partial charge in [0.05, 0.1) is 12.6 Å². The predicted octanol–water partition coefficient (Wildman–Crippen LogP) is 2.96. The highest BCUT2D eigenvalue weighted by molar-refractivity contribution is 14.0. The predicted molar refractivity (Wildman–Crippen MR) is 126 cm³/mol. The number of pyridine rings is 1. The lowest BCUT2D eigenvalue weighted by molar-refractivity contribution is -0.117. The molecule has 8 heteroatoms. The van der Waals surface area contributed by atoms with Crippen LogP contribution in [-0.2, 0) is 11.3 Å². The molecule has 156 valence electrons. The van der Waals surface area contributed by atoms with Crippen LogP contribution in [0.2, 0.25) is 0 Å². The maximum absolute atomic E-state index is 12.4. The molecule has 7 nitrogen and oxygen atoms in total. The van der Waals surface area contributed by atoms with E-state index < -0.39 is 0 Å². The van der Waals surface area contributed by atoms with Crippen LogP contribution >= 0.6 is 24.0 Å². The summed E-state index contributed by atoms with van der Waals surface area (Å²) >= 11 is 0. The lowest BCUT2D eigenvalue weighted by Gasteiger charge is -2.19. The molecule has 0 radical (unpaired) electrons. The Hall–Kier alpha value is -2.36. The van der Waals surface area contributed by atoms with Crippen molar-refractivity contribution in [1.29, 1.82) is 0 Å². The number of para-hydroxylation sites is 1. The van der Waals surface area contributed by atoms with E-state index in [9.17, 15) is 4.79 Å².